The fourth-order valence-electron chi connectivity index (χ4n) is 2.22. The SMILES string of the molecule is CCCOc1cccc(CNc2ccc3cn[nH]c3c2)c1. The van der Waals surface area contributed by atoms with Crippen molar-refractivity contribution >= 4 is 16.6 Å². The molecular formula is C17H19N3O. The molecule has 0 bridgehead atoms. The number of nitrogens with one attached hydrogen (secondary N) is 2. The Hall–Kier alpha value is -2.49. The normalized spacial score (nSPS) is 10.7. The first-order valence-electron chi connectivity index (χ1n) is 7.24. The summed E-state index contributed by atoms with van der Waals surface area (Å²) in [5.41, 5.74) is 3.32. The van der Waals surface area contributed by atoms with Gasteiger partial charge in [0, 0.05) is 17.6 Å². The summed E-state index contributed by atoms with van der Waals surface area (Å²) in [6, 6.07) is 14.4. The van der Waals surface area contributed by atoms with Crippen LogP contribution in [-0.2, 0) is 6.54 Å². The summed E-state index contributed by atoms with van der Waals surface area (Å²) in [6.45, 7) is 3.63. The lowest BCUT2D eigenvalue weighted by molar-refractivity contribution is 0.317. The highest BCUT2D eigenvalue weighted by Gasteiger charge is 2.00. The molecule has 3 aromatic rings. The summed E-state index contributed by atoms with van der Waals surface area (Å²) in [7, 11) is 0. The molecule has 0 atom stereocenters. The van der Waals surface area contributed by atoms with Crippen LogP contribution in [0.2, 0.25) is 0 Å². The zero-order valence-corrected chi connectivity index (χ0v) is 12.1. The van der Waals surface area contributed by atoms with Crippen LogP contribution in [-0.4, -0.2) is 16.8 Å². The molecule has 0 spiro atoms. The summed E-state index contributed by atoms with van der Waals surface area (Å²) < 4.78 is 5.65. The van der Waals surface area contributed by atoms with E-state index in [1.807, 2.05) is 18.3 Å². The van der Waals surface area contributed by atoms with E-state index in [4.69, 9.17) is 4.74 Å². The molecule has 0 unspecified atom stereocenters. The first kappa shape index (κ1) is 13.5. The first-order valence-corrected chi connectivity index (χ1v) is 7.24. The number of hydrogen-bond acceptors (Lipinski definition) is 3. The van der Waals surface area contributed by atoms with E-state index in [1.54, 1.807) is 0 Å². The number of rotatable bonds is 6. The third-order valence-electron chi connectivity index (χ3n) is 3.31. The van der Waals surface area contributed by atoms with E-state index >= 15 is 0 Å². The van der Waals surface area contributed by atoms with Crippen molar-refractivity contribution < 1.29 is 4.74 Å². The number of H-pyrrole nitrogens is 1. The number of hydrogen-bond donors (Lipinski definition) is 2. The standard InChI is InChI=1S/C17H19N3O/c1-2-8-21-16-5-3-4-13(9-16)11-18-15-7-6-14-12-19-20-17(14)10-15/h3-7,9-10,12,18H,2,8,11H2,1H3,(H,19,20). The molecule has 4 heteroatoms. The molecule has 0 aliphatic heterocycles. The molecule has 0 aliphatic carbocycles. The molecule has 1 aromatic heterocycles. The van der Waals surface area contributed by atoms with Crippen LogP contribution in [0.4, 0.5) is 5.69 Å². The molecule has 2 aromatic carbocycles. The maximum Gasteiger partial charge on any atom is 0.119 e. The van der Waals surface area contributed by atoms with Crippen LogP contribution in [0, 0.1) is 0 Å². The van der Waals surface area contributed by atoms with Crippen molar-refractivity contribution in [3.63, 3.8) is 0 Å². The van der Waals surface area contributed by atoms with Gasteiger partial charge in [0.25, 0.3) is 0 Å². The Balaban J connectivity index is 1.66. The Labute approximate surface area is 124 Å². The van der Waals surface area contributed by atoms with Crippen LogP contribution < -0.4 is 10.1 Å². The summed E-state index contributed by atoms with van der Waals surface area (Å²) in [5.74, 6) is 0.931. The highest BCUT2D eigenvalue weighted by molar-refractivity contribution is 5.81. The monoisotopic (exact) mass is 281 g/mol. The predicted molar refractivity (Wildman–Crippen MR) is 85.6 cm³/mol. The summed E-state index contributed by atoms with van der Waals surface area (Å²) >= 11 is 0. The van der Waals surface area contributed by atoms with Gasteiger partial charge in [-0.2, -0.15) is 5.10 Å². The molecule has 0 saturated carbocycles. The molecular weight excluding hydrogens is 262 g/mol. The third-order valence-corrected chi connectivity index (χ3v) is 3.31. The third kappa shape index (κ3) is 3.34. The molecule has 0 radical (unpaired) electrons. The van der Waals surface area contributed by atoms with Gasteiger partial charge in [0.2, 0.25) is 0 Å². The number of ether oxygens (including phenoxy) is 1. The highest BCUT2D eigenvalue weighted by Crippen LogP contribution is 2.18. The quantitative estimate of drug-likeness (QED) is 0.719. The Morgan fingerprint density at radius 1 is 1.19 bits per heavy atom. The molecule has 2 N–H and O–H groups in total. The second-order valence-corrected chi connectivity index (χ2v) is 5.02. The second-order valence-electron chi connectivity index (χ2n) is 5.02. The lowest BCUT2D eigenvalue weighted by Crippen LogP contribution is -2.00. The molecule has 108 valence electrons. The summed E-state index contributed by atoms with van der Waals surface area (Å²) in [4.78, 5) is 0. The molecule has 3 rings (SSSR count). The fraction of sp³-hybridized carbons (Fsp3) is 0.235. The Kier molecular flexibility index (Phi) is 4.05. The molecule has 0 aliphatic rings. The van der Waals surface area contributed by atoms with Gasteiger partial charge in [0.1, 0.15) is 5.75 Å². The first-order chi connectivity index (χ1) is 10.3. The van der Waals surface area contributed by atoms with Gasteiger partial charge in [-0.3, -0.25) is 5.10 Å². The number of fused-ring (bicyclic) bond motifs is 1. The van der Waals surface area contributed by atoms with E-state index in [9.17, 15) is 0 Å². The second kappa shape index (κ2) is 6.31. The maximum absolute atomic E-state index is 5.65. The Bertz CT molecular complexity index is 721. The Morgan fingerprint density at radius 3 is 3.05 bits per heavy atom. The predicted octanol–water partition coefficient (Wildman–Crippen LogP) is 3.96. The zero-order chi connectivity index (χ0) is 14.5. The van der Waals surface area contributed by atoms with Crippen molar-refractivity contribution in [2.45, 2.75) is 19.9 Å². The number of aromatic nitrogens is 2. The minimum Gasteiger partial charge on any atom is -0.494 e. The smallest absolute Gasteiger partial charge is 0.119 e. The summed E-state index contributed by atoms with van der Waals surface area (Å²) in [5, 5.41) is 11.6. The largest absolute Gasteiger partial charge is 0.494 e. The molecule has 1 heterocycles. The van der Waals surface area contributed by atoms with E-state index < -0.39 is 0 Å². The Morgan fingerprint density at radius 2 is 2.14 bits per heavy atom. The van der Waals surface area contributed by atoms with Gasteiger partial charge in [0.05, 0.1) is 18.3 Å². The van der Waals surface area contributed by atoms with Gasteiger partial charge in [-0.05, 0) is 42.3 Å². The van der Waals surface area contributed by atoms with Crippen molar-refractivity contribution in [2.75, 3.05) is 11.9 Å². The average molecular weight is 281 g/mol. The van der Waals surface area contributed by atoms with Crippen LogP contribution in [0.15, 0.2) is 48.7 Å². The fourth-order valence-corrected chi connectivity index (χ4v) is 2.22. The lowest BCUT2D eigenvalue weighted by atomic mass is 10.2. The van der Waals surface area contributed by atoms with Gasteiger partial charge in [-0.25, -0.2) is 0 Å². The molecule has 4 nitrogen and oxygen atoms in total. The minimum atomic E-state index is 0.757. The van der Waals surface area contributed by atoms with Crippen LogP contribution >= 0.6 is 0 Å². The maximum atomic E-state index is 5.65. The van der Waals surface area contributed by atoms with Crippen molar-refractivity contribution in [2.24, 2.45) is 0 Å². The van der Waals surface area contributed by atoms with E-state index in [0.717, 1.165) is 41.9 Å². The number of aromatic amines is 1. The van der Waals surface area contributed by atoms with Gasteiger partial charge in [-0.1, -0.05) is 19.1 Å². The van der Waals surface area contributed by atoms with Crippen molar-refractivity contribution in [3.05, 3.63) is 54.2 Å². The zero-order valence-electron chi connectivity index (χ0n) is 12.1. The van der Waals surface area contributed by atoms with Crippen molar-refractivity contribution in [1.82, 2.24) is 10.2 Å². The van der Waals surface area contributed by atoms with Crippen LogP contribution in [0.25, 0.3) is 10.9 Å². The van der Waals surface area contributed by atoms with Gasteiger partial charge < -0.3 is 10.1 Å². The average Bonchev–Trinajstić information content (AvgIpc) is 2.99. The van der Waals surface area contributed by atoms with Crippen LogP contribution in [0.5, 0.6) is 5.75 Å². The van der Waals surface area contributed by atoms with Gasteiger partial charge in [0.15, 0.2) is 0 Å². The molecule has 0 fully saturated rings. The van der Waals surface area contributed by atoms with E-state index in [0.29, 0.717) is 0 Å². The van der Waals surface area contributed by atoms with Gasteiger partial charge in [-0.15, -0.1) is 0 Å². The number of benzene rings is 2. The van der Waals surface area contributed by atoms with E-state index in [1.165, 1.54) is 5.56 Å². The molecule has 0 saturated heterocycles. The number of anilines is 1. The molecule has 21 heavy (non-hydrogen) atoms. The topological polar surface area (TPSA) is 49.9 Å². The summed E-state index contributed by atoms with van der Waals surface area (Å²) in [6.07, 6.45) is 2.85. The van der Waals surface area contributed by atoms with Gasteiger partial charge >= 0.3 is 0 Å². The minimum absolute atomic E-state index is 0.757. The van der Waals surface area contributed by atoms with Crippen LogP contribution in [0.1, 0.15) is 18.9 Å². The lowest BCUT2D eigenvalue weighted by Gasteiger charge is -2.09. The van der Waals surface area contributed by atoms with E-state index in [-0.39, 0.29) is 0 Å². The van der Waals surface area contributed by atoms with Crippen molar-refractivity contribution in [3.8, 4) is 5.75 Å². The van der Waals surface area contributed by atoms with Crippen LogP contribution in [0.3, 0.4) is 0 Å². The molecule has 0 amide bonds. The number of nitrogens with zero attached hydrogens (tertiary/aromatic N) is 1. The highest BCUT2D eigenvalue weighted by atomic mass is 16.5. The van der Waals surface area contributed by atoms with Crippen molar-refractivity contribution in [1.29, 1.82) is 0 Å². The van der Waals surface area contributed by atoms with E-state index in [2.05, 4.69) is 52.8 Å².